The highest BCUT2D eigenvalue weighted by atomic mass is 15.1. The third-order valence-corrected chi connectivity index (χ3v) is 3.48. The first-order valence-electron chi connectivity index (χ1n) is 5.15. The number of hydrogen-bond donors (Lipinski definition) is 1. The molecule has 14 heavy (non-hydrogen) atoms. The highest BCUT2D eigenvalue weighted by Gasteiger charge is 2.52. The Hall–Kier alpha value is -1.12. The van der Waals surface area contributed by atoms with E-state index in [9.17, 15) is 0 Å². The van der Waals surface area contributed by atoms with Gasteiger partial charge in [0.05, 0.1) is 6.20 Å². The van der Waals surface area contributed by atoms with Crippen molar-refractivity contribution in [3.05, 3.63) is 18.6 Å². The average Bonchev–Trinajstić information content (AvgIpc) is 2.80. The van der Waals surface area contributed by atoms with Crippen LogP contribution in [-0.2, 0) is 0 Å². The quantitative estimate of drug-likeness (QED) is 0.796. The monoisotopic (exact) mass is 191 g/mol. The first-order chi connectivity index (χ1) is 6.63. The van der Waals surface area contributed by atoms with E-state index in [4.69, 9.17) is 0 Å². The van der Waals surface area contributed by atoms with Crippen LogP contribution in [0.25, 0.3) is 0 Å². The molecule has 76 valence electrons. The van der Waals surface area contributed by atoms with Gasteiger partial charge in [0, 0.05) is 18.4 Å². The van der Waals surface area contributed by atoms with E-state index in [1.807, 2.05) is 0 Å². The summed E-state index contributed by atoms with van der Waals surface area (Å²) in [5.74, 6) is 1.61. The molecule has 1 N–H and O–H groups in total. The van der Waals surface area contributed by atoms with Gasteiger partial charge < -0.3 is 5.32 Å². The van der Waals surface area contributed by atoms with Gasteiger partial charge in [0.1, 0.15) is 5.82 Å². The van der Waals surface area contributed by atoms with E-state index in [1.165, 1.54) is 6.42 Å². The van der Waals surface area contributed by atoms with E-state index in [0.717, 1.165) is 11.7 Å². The molecular formula is C11H17N3. The van der Waals surface area contributed by atoms with Crippen LogP contribution in [0.4, 0.5) is 5.82 Å². The molecule has 1 saturated carbocycles. The lowest BCUT2D eigenvalue weighted by atomic mass is 9.94. The van der Waals surface area contributed by atoms with Gasteiger partial charge >= 0.3 is 0 Å². The van der Waals surface area contributed by atoms with Crippen LogP contribution in [0.1, 0.15) is 27.2 Å². The van der Waals surface area contributed by atoms with Gasteiger partial charge in [-0.3, -0.25) is 4.98 Å². The first kappa shape index (κ1) is 9.44. The third-order valence-electron chi connectivity index (χ3n) is 3.48. The fourth-order valence-electron chi connectivity index (χ4n) is 1.79. The van der Waals surface area contributed by atoms with E-state index in [0.29, 0.717) is 11.5 Å². The highest BCUT2D eigenvalue weighted by Crippen LogP contribution is 2.52. The molecule has 2 rings (SSSR count). The summed E-state index contributed by atoms with van der Waals surface area (Å²) in [5, 5.41) is 3.41. The molecule has 2 atom stereocenters. The smallest absolute Gasteiger partial charge is 0.144 e. The summed E-state index contributed by atoms with van der Waals surface area (Å²) < 4.78 is 0. The Morgan fingerprint density at radius 3 is 2.79 bits per heavy atom. The van der Waals surface area contributed by atoms with Crippen molar-refractivity contribution in [3.63, 3.8) is 0 Å². The van der Waals surface area contributed by atoms with Crippen LogP contribution < -0.4 is 5.32 Å². The van der Waals surface area contributed by atoms with Crippen LogP contribution >= 0.6 is 0 Å². The molecule has 0 radical (unpaired) electrons. The summed E-state index contributed by atoms with van der Waals surface area (Å²) in [4.78, 5) is 8.24. The Bertz CT molecular complexity index is 310. The normalized spacial score (nSPS) is 30.4. The summed E-state index contributed by atoms with van der Waals surface area (Å²) in [6.07, 6.45) is 6.43. The molecule has 0 spiro atoms. The van der Waals surface area contributed by atoms with Gasteiger partial charge in [-0.05, 0) is 17.8 Å². The Morgan fingerprint density at radius 1 is 1.50 bits per heavy atom. The molecule has 1 aliphatic carbocycles. The predicted molar refractivity (Wildman–Crippen MR) is 57.0 cm³/mol. The zero-order valence-electron chi connectivity index (χ0n) is 8.99. The van der Waals surface area contributed by atoms with E-state index in [1.54, 1.807) is 18.6 Å². The minimum atomic E-state index is 0.442. The van der Waals surface area contributed by atoms with Crippen molar-refractivity contribution < 1.29 is 0 Å². The van der Waals surface area contributed by atoms with Crippen molar-refractivity contribution in [3.8, 4) is 0 Å². The van der Waals surface area contributed by atoms with Crippen molar-refractivity contribution >= 4 is 5.82 Å². The molecule has 3 nitrogen and oxygen atoms in total. The van der Waals surface area contributed by atoms with Gasteiger partial charge in [0.15, 0.2) is 0 Å². The van der Waals surface area contributed by atoms with Crippen LogP contribution in [0, 0.1) is 11.3 Å². The minimum Gasteiger partial charge on any atom is -0.365 e. The van der Waals surface area contributed by atoms with Crippen molar-refractivity contribution in [2.75, 3.05) is 5.32 Å². The van der Waals surface area contributed by atoms with Crippen molar-refractivity contribution in [2.24, 2.45) is 11.3 Å². The lowest BCUT2D eigenvalue weighted by molar-refractivity contribution is 0.387. The first-order valence-corrected chi connectivity index (χ1v) is 5.15. The number of nitrogens with zero attached hydrogens (tertiary/aromatic N) is 2. The predicted octanol–water partition coefficient (Wildman–Crippen LogP) is 2.32. The molecule has 0 bridgehead atoms. The fraction of sp³-hybridized carbons (Fsp3) is 0.636. The lowest BCUT2D eigenvalue weighted by Crippen LogP contribution is -2.16. The second-order valence-electron chi connectivity index (χ2n) is 4.65. The van der Waals surface area contributed by atoms with E-state index < -0.39 is 0 Å². The molecule has 1 aromatic heterocycles. The number of hydrogen-bond acceptors (Lipinski definition) is 3. The molecule has 0 aliphatic heterocycles. The summed E-state index contributed by atoms with van der Waals surface area (Å²) in [6.45, 7) is 6.88. The Balaban J connectivity index is 1.97. The van der Waals surface area contributed by atoms with Gasteiger partial charge in [-0.15, -0.1) is 0 Å². The highest BCUT2D eigenvalue weighted by molar-refractivity contribution is 5.36. The lowest BCUT2D eigenvalue weighted by Gasteiger charge is -2.16. The van der Waals surface area contributed by atoms with Crippen molar-refractivity contribution in [1.82, 2.24) is 9.97 Å². The summed E-state index contributed by atoms with van der Waals surface area (Å²) >= 11 is 0. The maximum atomic E-state index is 4.21. The molecule has 2 unspecified atom stereocenters. The van der Waals surface area contributed by atoms with Gasteiger partial charge in [0.25, 0.3) is 0 Å². The van der Waals surface area contributed by atoms with Gasteiger partial charge in [0.2, 0.25) is 0 Å². The molecule has 1 heterocycles. The topological polar surface area (TPSA) is 37.8 Å². The molecule has 1 aromatic rings. The van der Waals surface area contributed by atoms with E-state index in [2.05, 4.69) is 36.1 Å². The molecular weight excluding hydrogens is 174 g/mol. The number of anilines is 1. The van der Waals surface area contributed by atoms with Crippen molar-refractivity contribution in [2.45, 2.75) is 33.2 Å². The second-order valence-corrected chi connectivity index (χ2v) is 4.65. The third kappa shape index (κ3) is 1.59. The van der Waals surface area contributed by atoms with Crippen molar-refractivity contribution in [1.29, 1.82) is 0 Å². The Morgan fingerprint density at radius 2 is 2.29 bits per heavy atom. The van der Waals surface area contributed by atoms with E-state index >= 15 is 0 Å². The van der Waals surface area contributed by atoms with E-state index in [-0.39, 0.29) is 0 Å². The van der Waals surface area contributed by atoms with Crippen LogP contribution in [0.5, 0.6) is 0 Å². The Kier molecular flexibility index (Phi) is 2.17. The van der Waals surface area contributed by atoms with Gasteiger partial charge in [-0.2, -0.15) is 0 Å². The number of rotatable bonds is 3. The standard InChI is InChI=1S/C11H17N3/c1-8(2)11(3)6-9(11)14-10-7-12-4-5-13-10/h4-5,7-9H,6H2,1-3H3,(H,13,14). The maximum Gasteiger partial charge on any atom is 0.144 e. The van der Waals surface area contributed by atoms with Crippen LogP contribution in [-0.4, -0.2) is 16.0 Å². The molecule has 0 saturated heterocycles. The minimum absolute atomic E-state index is 0.442. The largest absolute Gasteiger partial charge is 0.365 e. The van der Waals surface area contributed by atoms with Crippen LogP contribution in [0.3, 0.4) is 0 Å². The van der Waals surface area contributed by atoms with Gasteiger partial charge in [-0.1, -0.05) is 20.8 Å². The Labute approximate surface area is 85.0 Å². The van der Waals surface area contributed by atoms with Crippen LogP contribution in [0.15, 0.2) is 18.6 Å². The molecule has 0 amide bonds. The fourth-order valence-corrected chi connectivity index (χ4v) is 1.79. The SMILES string of the molecule is CC(C)C1(C)CC1Nc1cnccn1. The average molecular weight is 191 g/mol. The van der Waals surface area contributed by atoms with Crippen LogP contribution in [0.2, 0.25) is 0 Å². The molecule has 1 aliphatic rings. The number of aromatic nitrogens is 2. The summed E-state index contributed by atoms with van der Waals surface area (Å²) in [7, 11) is 0. The zero-order valence-corrected chi connectivity index (χ0v) is 8.99. The van der Waals surface area contributed by atoms with Gasteiger partial charge in [-0.25, -0.2) is 4.98 Å². The zero-order chi connectivity index (χ0) is 10.2. The maximum absolute atomic E-state index is 4.21. The molecule has 1 fully saturated rings. The summed E-state index contributed by atoms with van der Waals surface area (Å²) in [5.41, 5.74) is 0.442. The summed E-state index contributed by atoms with van der Waals surface area (Å²) in [6, 6.07) is 0.569. The molecule has 0 aromatic carbocycles. The molecule has 3 heteroatoms. The number of nitrogens with one attached hydrogen (secondary N) is 1. The second kappa shape index (κ2) is 3.23.